The molecule has 0 aliphatic carbocycles. The van der Waals surface area contributed by atoms with Gasteiger partial charge >= 0.3 is 5.97 Å². The van der Waals surface area contributed by atoms with Gasteiger partial charge in [0, 0.05) is 22.0 Å². The summed E-state index contributed by atoms with van der Waals surface area (Å²) in [7, 11) is 0. The third-order valence-corrected chi connectivity index (χ3v) is 6.00. The first-order valence-corrected chi connectivity index (χ1v) is 10.5. The van der Waals surface area contributed by atoms with E-state index in [1.165, 1.54) is 17.3 Å². The molecule has 2 aromatic carbocycles. The van der Waals surface area contributed by atoms with Crippen molar-refractivity contribution in [3.63, 3.8) is 0 Å². The van der Waals surface area contributed by atoms with Crippen molar-refractivity contribution in [2.75, 3.05) is 5.75 Å². The van der Waals surface area contributed by atoms with Crippen LogP contribution >= 0.6 is 43.6 Å². The van der Waals surface area contributed by atoms with E-state index in [2.05, 4.69) is 50.7 Å². The summed E-state index contributed by atoms with van der Waals surface area (Å²) in [6.07, 6.45) is 2.04. The van der Waals surface area contributed by atoms with E-state index in [1.807, 2.05) is 36.5 Å². The van der Waals surface area contributed by atoms with Crippen LogP contribution in [0.15, 0.2) is 50.4 Å². The van der Waals surface area contributed by atoms with Gasteiger partial charge in [0.15, 0.2) is 5.75 Å². The zero-order chi connectivity index (χ0) is 18.8. The molecule has 0 amide bonds. The van der Waals surface area contributed by atoms with E-state index >= 15 is 0 Å². The molecule has 2 N–H and O–H groups in total. The predicted molar refractivity (Wildman–Crippen MR) is 113 cm³/mol. The smallest absolute Gasteiger partial charge is 0.313 e. The van der Waals surface area contributed by atoms with Crippen LogP contribution in [0.4, 0.5) is 0 Å². The Morgan fingerprint density at radius 2 is 1.92 bits per heavy atom. The highest BCUT2D eigenvalue weighted by Crippen LogP contribution is 2.41. The van der Waals surface area contributed by atoms with Crippen LogP contribution in [-0.2, 0) is 4.79 Å². The molecule has 3 aromatic rings. The van der Waals surface area contributed by atoms with E-state index in [1.54, 1.807) is 0 Å². The van der Waals surface area contributed by atoms with Gasteiger partial charge in [0.2, 0.25) is 0 Å². The second kappa shape index (κ2) is 8.06. The summed E-state index contributed by atoms with van der Waals surface area (Å²) in [5, 5.41) is 9.97. The summed E-state index contributed by atoms with van der Waals surface area (Å²) in [4.78, 5) is 14.9. The number of nitrogens with one attached hydrogen (secondary N) is 1. The Bertz CT molecular complexity index is 946. The molecule has 1 aromatic heterocycles. The minimum Gasteiger partial charge on any atom is -0.481 e. The number of aliphatic carboxylic acids is 1. The van der Waals surface area contributed by atoms with Crippen molar-refractivity contribution in [2.24, 2.45) is 0 Å². The minimum absolute atomic E-state index is 0.0151. The number of carboxylic acids is 1. The highest BCUT2D eigenvalue weighted by atomic mass is 79.9. The predicted octanol–water partition coefficient (Wildman–Crippen LogP) is 6.79. The summed E-state index contributed by atoms with van der Waals surface area (Å²) >= 11 is 8.30. The molecule has 0 spiro atoms. The molecule has 136 valence electrons. The van der Waals surface area contributed by atoms with Crippen molar-refractivity contribution in [2.45, 2.75) is 24.7 Å². The minimum atomic E-state index is -0.844. The summed E-state index contributed by atoms with van der Waals surface area (Å²) in [6, 6.07) is 9.70. The van der Waals surface area contributed by atoms with Crippen molar-refractivity contribution in [3.05, 3.63) is 51.0 Å². The lowest BCUT2D eigenvalue weighted by atomic mass is 10.0. The maximum absolute atomic E-state index is 10.7. The molecule has 0 fully saturated rings. The number of fused-ring (bicyclic) bond motifs is 1. The number of ether oxygens (including phenoxy) is 1. The highest BCUT2D eigenvalue weighted by Gasteiger charge is 2.13. The average molecular weight is 499 g/mol. The molecule has 0 radical (unpaired) electrons. The normalized spacial score (nSPS) is 11.3. The van der Waals surface area contributed by atoms with Crippen molar-refractivity contribution in [1.82, 2.24) is 4.98 Å². The molecule has 7 heteroatoms. The Kier molecular flexibility index (Phi) is 5.99. The summed E-state index contributed by atoms with van der Waals surface area (Å²) in [6.45, 7) is 4.33. The Balaban J connectivity index is 1.89. The first-order chi connectivity index (χ1) is 12.3. The standard InChI is InChI=1S/C19H17Br2NO3S/c1-10(2)14-8-22-17-4-3-11(5-13(14)17)25-19-15(20)6-12(7-16(19)21)26-9-18(23)24/h3-8,10,22H,9H2,1-2H3,(H,23,24). The van der Waals surface area contributed by atoms with Crippen LogP contribution in [0.5, 0.6) is 11.5 Å². The summed E-state index contributed by atoms with van der Waals surface area (Å²) in [5.41, 5.74) is 2.34. The number of aromatic nitrogens is 1. The van der Waals surface area contributed by atoms with Crippen molar-refractivity contribution in [1.29, 1.82) is 0 Å². The van der Waals surface area contributed by atoms with Crippen LogP contribution in [0, 0.1) is 0 Å². The average Bonchev–Trinajstić information content (AvgIpc) is 2.99. The molecular weight excluding hydrogens is 482 g/mol. The lowest BCUT2D eigenvalue weighted by Gasteiger charge is -2.12. The third-order valence-electron chi connectivity index (χ3n) is 3.86. The van der Waals surface area contributed by atoms with Gasteiger partial charge in [-0.3, -0.25) is 4.79 Å². The van der Waals surface area contributed by atoms with Gasteiger partial charge in [-0.25, -0.2) is 0 Å². The van der Waals surface area contributed by atoms with E-state index < -0.39 is 5.97 Å². The van der Waals surface area contributed by atoms with Gasteiger partial charge in [0.1, 0.15) is 5.75 Å². The number of carboxylic acid groups (broad SMARTS) is 1. The number of benzene rings is 2. The number of hydrogen-bond acceptors (Lipinski definition) is 3. The Labute approximate surface area is 172 Å². The zero-order valence-corrected chi connectivity index (χ0v) is 18.2. The van der Waals surface area contributed by atoms with E-state index in [9.17, 15) is 4.79 Å². The molecule has 1 heterocycles. The second-order valence-electron chi connectivity index (χ2n) is 6.11. The van der Waals surface area contributed by atoms with E-state index in [0.29, 0.717) is 11.7 Å². The molecule has 0 unspecified atom stereocenters. The van der Waals surface area contributed by atoms with Crippen LogP contribution < -0.4 is 4.74 Å². The zero-order valence-electron chi connectivity index (χ0n) is 14.2. The monoisotopic (exact) mass is 497 g/mol. The number of H-pyrrole nitrogens is 1. The number of hydrogen-bond donors (Lipinski definition) is 2. The maximum atomic E-state index is 10.7. The molecule has 4 nitrogen and oxygen atoms in total. The van der Waals surface area contributed by atoms with Crippen LogP contribution in [0.25, 0.3) is 10.9 Å². The lowest BCUT2D eigenvalue weighted by Crippen LogP contribution is -1.97. The largest absolute Gasteiger partial charge is 0.481 e. The third kappa shape index (κ3) is 4.27. The highest BCUT2D eigenvalue weighted by molar-refractivity contribution is 9.11. The fraction of sp³-hybridized carbons (Fsp3) is 0.211. The van der Waals surface area contributed by atoms with Crippen LogP contribution in [0.3, 0.4) is 0 Å². The van der Waals surface area contributed by atoms with E-state index in [0.717, 1.165) is 30.5 Å². The Morgan fingerprint density at radius 1 is 1.23 bits per heavy atom. The molecule has 0 aliphatic rings. The fourth-order valence-corrected chi connectivity index (χ4v) is 4.99. The molecular formula is C19H17Br2NO3S. The summed E-state index contributed by atoms with van der Waals surface area (Å²) < 4.78 is 7.62. The number of aromatic amines is 1. The van der Waals surface area contributed by atoms with E-state index in [-0.39, 0.29) is 5.75 Å². The quantitative estimate of drug-likeness (QED) is 0.367. The van der Waals surface area contributed by atoms with Crippen LogP contribution in [0.2, 0.25) is 0 Å². The number of carbonyl (C=O) groups is 1. The first kappa shape index (κ1) is 19.3. The summed E-state index contributed by atoms with van der Waals surface area (Å²) in [5.74, 6) is 0.990. The van der Waals surface area contributed by atoms with Gasteiger partial charge in [-0.05, 0) is 73.7 Å². The van der Waals surface area contributed by atoms with Crippen molar-refractivity contribution in [3.8, 4) is 11.5 Å². The lowest BCUT2D eigenvalue weighted by molar-refractivity contribution is -0.133. The molecule has 3 rings (SSSR count). The molecule has 0 bridgehead atoms. The SMILES string of the molecule is CC(C)c1c[nH]c2ccc(Oc3c(Br)cc(SCC(=O)O)cc3Br)cc12. The second-order valence-corrected chi connectivity index (χ2v) is 8.86. The Hall–Kier alpha value is -1.44. The van der Waals surface area contributed by atoms with Crippen molar-refractivity contribution < 1.29 is 14.6 Å². The van der Waals surface area contributed by atoms with E-state index in [4.69, 9.17) is 9.84 Å². The van der Waals surface area contributed by atoms with Gasteiger partial charge < -0.3 is 14.8 Å². The van der Waals surface area contributed by atoms with Crippen LogP contribution in [0.1, 0.15) is 25.3 Å². The number of halogens is 2. The van der Waals surface area contributed by atoms with Gasteiger partial charge in [0.25, 0.3) is 0 Å². The molecule has 0 saturated carbocycles. The van der Waals surface area contributed by atoms with Gasteiger partial charge in [-0.2, -0.15) is 0 Å². The van der Waals surface area contributed by atoms with Crippen LogP contribution in [-0.4, -0.2) is 21.8 Å². The number of rotatable bonds is 6. The van der Waals surface area contributed by atoms with Gasteiger partial charge in [-0.1, -0.05) is 13.8 Å². The first-order valence-electron chi connectivity index (χ1n) is 7.97. The fourth-order valence-electron chi connectivity index (χ4n) is 2.64. The van der Waals surface area contributed by atoms with Crippen molar-refractivity contribution >= 4 is 60.5 Å². The topological polar surface area (TPSA) is 62.3 Å². The number of thioether (sulfide) groups is 1. The Morgan fingerprint density at radius 3 is 2.54 bits per heavy atom. The molecule has 0 saturated heterocycles. The molecule has 26 heavy (non-hydrogen) atoms. The molecule has 0 atom stereocenters. The molecule has 0 aliphatic heterocycles. The van der Waals surface area contributed by atoms with Gasteiger partial charge in [0.05, 0.1) is 14.7 Å². The van der Waals surface area contributed by atoms with Gasteiger partial charge in [-0.15, -0.1) is 11.8 Å². The maximum Gasteiger partial charge on any atom is 0.313 e.